The molecule has 0 bridgehead atoms. The molecule has 2 N–H and O–H groups in total. The first-order chi connectivity index (χ1) is 13.2. The van der Waals surface area contributed by atoms with Gasteiger partial charge in [-0.05, 0) is 38.0 Å². The van der Waals surface area contributed by atoms with Crippen LogP contribution in [0.4, 0.5) is 0 Å². The van der Waals surface area contributed by atoms with E-state index < -0.39 is 0 Å². The van der Waals surface area contributed by atoms with Gasteiger partial charge in [-0.3, -0.25) is 4.90 Å². The number of imidazole rings is 1. The quantitative estimate of drug-likeness (QED) is 0.807. The van der Waals surface area contributed by atoms with Gasteiger partial charge in [0, 0.05) is 49.7 Å². The Balaban J connectivity index is 1.54. The van der Waals surface area contributed by atoms with E-state index in [4.69, 9.17) is 14.6 Å². The van der Waals surface area contributed by atoms with Gasteiger partial charge in [0.2, 0.25) is 0 Å². The van der Waals surface area contributed by atoms with Crippen molar-refractivity contribution >= 4 is 0 Å². The first kappa shape index (κ1) is 18.3. The monoisotopic (exact) mass is 373 g/mol. The van der Waals surface area contributed by atoms with Crippen molar-refractivity contribution in [2.24, 2.45) is 0 Å². The lowest BCUT2D eigenvalue weighted by Gasteiger charge is -2.34. The van der Waals surface area contributed by atoms with Crippen LogP contribution in [0.2, 0.25) is 0 Å². The SMILES string of the molecule is CCOc1cc(-c2nccn2[C@@H]2C[C@H]3CO[C@@H](CCO)CN3C2)ccc1O. The standard InChI is InChI=1S/C20H27N3O4/c1-2-26-19-9-14(3-4-18(19)25)20-21-6-7-23(20)15-10-16-13-27-17(5-8-24)12-22(16)11-15/h3-4,6-7,9,15-17,24-25H,2,5,8,10-13H2,1H3/t15-,16+,17+/m1/s1. The molecule has 1 aromatic heterocycles. The molecule has 7 heteroatoms. The number of hydrogen-bond donors (Lipinski definition) is 2. The van der Waals surface area contributed by atoms with E-state index >= 15 is 0 Å². The van der Waals surface area contributed by atoms with E-state index in [2.05, 4.69) is 14.5 Å². The second-order valence-corrected chi connectivity index (χ2v) is 7.24. The highest BCUT2D eigenvalue weighted by Crippen LogP contribution is 2.36. The molecule has 7 nitrogen and oxygen atoms in total. The number of hydrogen-bond acceptors (Lipinski definition) is 6. The van der Waals surface area contributed by atoms with Crippen molar-refractivity contribution in [2.45, 2.75) is 38.0 Å². The van der Waals surface area contributed by atoms with Gasteiger partial charge in [0.15, 0.2) is 11.5 Å². The number of benzene rings is 1. The molecule has 2 aromatic rings. The van der Waals surface area contributed by atoms with Gasteiger partial charge in [-0.2, -0.15) is 0 Å². The van der Waals surface area contributed by atoms with Crippen molar-refractivity contribution in [3.8, 4) is 22.9 Å². The van der Waals surface area contributed by atoms with Crippen LogP contribution in [0.3, 0.4) is 0 Å². The number of aromatic hydroxyl groups is 1. The largest absolute Gasteiger partial charge is 0.504 e. The summed E-state index contributed by atoms with van der Waals surface area (Å²) in [7, 11) is 0. The number of aliphatic hydroxyl groups excluding tert-OH is 1. The van der Waals surface area contributed by atoms with Crippen LogP contribution in [0.5, 0.6) is 11.5 Å². The lowest BCUT2D eigenvalue weighted by molar-refractivity contribution is -0.0567. The lowest BCUT2D eigenvalue weighted by Crippen LogP contribution is -2.46. The molecule has 27 heavy (non-hydrogen) atoms. The van der Waals surface area contributed by atoms with Gasteiger partial charge >= 0.3 is 0 Å². The van der Waals surface area contributed by atoms with Crippen molar-refractivity contribution < 1.29 is 19.7 Å². The first-order valence-electron chi connectivity index (χ1n) is 9.65. The third-order valence-electron chi connectivity index (χ3n) is 5.50. The highest BCUT2D eigenvalue weighted by atomic mass is 16.5. The molecular weight excluding hydrogens is 346 g/mol. The molecule has 3 atom stereocenters. The van der Waals surface area contributed by atoms with Crippen LogP contribution < -0.4 is 4.74 Å². The highest BCUT2D eigenvalue weighted by Gasteiger charge is 2.38. The minimum Gasteiger partial charge on any atom is -0.504 e. The average Bonchev–Trinajstić information content (AvgIpc) is 3.30. The number of rotatable bonds is 6. The number of nitrogens with zero attached hydrogens (tertiary/aromatic N) is 3. The van der Waals surface area contributed by atoms with E-state index in [-0.39, 0.29) is 18.5 Å². The Labute approximate surface area is 159 Å². The molecule has 0 spiro atoms. The molecule has 0 unspecified atom stereocenters. The number of aliphatic hydroxyl groups is 1. The fourth-order valence-corrected chi connectivity index (χ4v) is 4.19. The molecule has 1 aromatic carbocycles. The molecule has 2 saturated heterocycles. The summed E-state index contributed by atoms with van der Waals surface area (Å²) < 4.78 is 13.6. The van der Waals surface area contributed by atoms with Crippen LogP contribution in [-0.4, -0.2) is 69.7 Å². The van der Waals surface area contributed by atoms with Crippen molar-refractivity contribution in [3.05, 3.63) is 30.6 Å². The zero-order chi connectivity index (χ0) is 18.8. The minimum absolute atomic E-state index is 0.123. The second-order valence-electron chi connectivity index (χ2n) is 7.24. The summed E-state index contributed by atoms with van der Waals surface area (Å²) in [5.41, 5.74) is 0.931. The van der Waals surface area contributed by atoms with E-state index in [9.17, 15) is 5.11 Å². The Bertz CT molecular complexity index is 778. The van der Waals surface area contributed by atoms with Crippen LogP contribution in [0.1, 0.15) is 25.8 Å². The molecule has 3 heterocycles. The van der Waals surface area contributed by atoms with Crippen LogP contribution in [0.15, 0.2) is 30.6 Å². The maximum Gasteiger partial charge on any atom is 0.161 e. The number of ether oxygens (including phenoxy) is 2. The van der Waals surface area contributed by atoms with Crippen molar-refractivity contribution in [2.75, 3.05) is 32.9 Å². The van der Waals surface area contributed by atoms with E-state index in [1.807, 2.05) is 31.5 Å². The van der Waals surface area contributed by atoms with Crippen molar-refractivity contribution in [1.29, 1.82) is 0 Å². The Kier molecular flexibility index (Phi) is 5.33. The van der Waals surface area contributed by atoms with Crippen molar-refractivity contribution in [3.63, 3.8) is 0 Å². The predicted molar refractivity (Wildman–Crippen MR) is 101 cm³/mol. The van der Waals surface area contributed by atoms with Crippen LogP contribution in [0, 0.1) is 0 Å². The topological polar surface area (TPSA) is 80.0 Å². The predicted octanol–water partition coefficient (Wildman–Crippen LogP) is 2.05. The molecule has 4 rings (SSSR count). The smallest absolute Gasteiger partial charge is 0.161 e. The van der Waals surface area contributed by atoms with Crippen LogP contribution in [-0.2, 0) is 4.74 Å². The fraction of sp³-hybridized carbons (Fsp3) is 0.550. The number of phenols is 1. The highest BCUT2D eigenvalue weighted by molar-refractivity contribution is 5.61. The molecule has 146 valence electrons. The van der Waals surface area contributed by atoms with E-state index in [1.54, 1.807) is 6.07 Å². The first-order valence-corrected chi connectivity index (χ1v) is 9.65. The molecule has 0 radical (unpaired) electrons. The molecular formula is C20H27N3O4. The number of morpholine rings is 1. The van der Waals surface area contributed by atoms with Gasteiger partial charge in [-0.25, -0.2) is 4.98 Å². The fourth-order valence-electron chi connectivity index (χ4n) is 4.19. The molecule has 2 fully saturated rings. The van der Waals surface area contributed by atoms with Gasteiger partial charge in [0.05, 0.1) is 19.3 Å². The van der Waals surface area contributed by atoms with Gasteiger partial charge < -0.3 is 24.3 Å². The molecule has 0 amide bonds. The summed E-state index contributed by atoms with van der Waals surface area (Å²) in [6.45, 7) is 5.11. The number of aromatic nitrogens is 2. The zero-order valence-electron chi connectivity index (χ0n) is 15.6. The van der Waals surface area contributed by atoms with Crippen LogP contribution in [0.25, 0.3) is 11.4 Å². The summed E-state index contributed by atoms with van der Waals surface area (Å²) in [6, 6.07) is 6.12. The van der Waals surface area contributed by atoms with Gasteiger partial charge in [-0.1, -0.05) is 0 Å². The summed E-state index contributed by atoms with van der Waals surface area (Å²) in [5, 5.41) is 19.1. The van der Waals surface area contributed by atoms with Crippen LogP contribution >= 0.6 is 0 Å². The minimum atomic E-state index is 0.123. The summed E-state index contributed by atoms with van der Waals surface area (Å²) in [4.78, 5) is 7.04. The Hall–Kier alpha value is -2.09. The van der Waals surface area contributed by atoms with Crippen molar-refractivity contribution in [1.82, 2.24) is 14.5 Å². The third kappa shape index (κ3) is 3.67. The summed E-state index contributed by atoms with van der Waals surface area (Å²) in [6.07, 6.45) is 5.68. The molecule has 2 aliphatic rings. The van der Waals surface area contributed by atoms with Gasteiger partial charge in [-0.15, -0.1) is 0 Å². The van der Waals surface area contributed by atoms with Gasteiger partial charge in [0.25, 0.3) is 0 Å². The molecule has 2 aliphatic heterocycles. The summed E-state index contributed by atoms with van der Waals surface area (Å²) >= 11 is 0. The Morgan fingerprint density at radius 1 is 1.30 bits per heavy atom. The van der Waals surface area contributed by atoms with Gasteiger partial charge in [0.1, 0.15) is 5.82 Å². The number of fused-ring (bicyclic) bond motifs is 1. The number of phenolic OH excluding ortho intramolecular Hbond substituents is 1. The summed E-state index contributed by atoms with van der Waals surface area (Å²) in [5.74, 6) is 1.51. The third-order valence-corrected chi connectivity index (χ3v) is 5.50. The molecule has 0 aliphatic carbocycles. The van der Waals surface area contributed by atoms with E-state index in [1.165, 1.54) is 0 Å². The molecule has 0 saturated carbocycles. The maximum atomic E-state index is 9.96. The Morgan fingerprint density at radius 3 is 3.00 bits per heavy atom. The Morgan fingerprint density at radius 2 is 2.19 bits per heavy atom. The zero-order valence-corrected chi connectivity index (χ0v) is 15.6. The second kappa shape index (κ2) is 7.88. The normalized spacial score (nSPS) is 25.5. The maximum absolute atomic E-state index is 9.96. The lowest BCUT2D eigenvalue weighted by atomic mass is 10.1. The van der Waals surface area contributed by atoms with E-state index in [0.29, 0.717) is 30.9 Å². The average molecular weight is 373 g/mol. The van der Waals surface area contributed by atoms with E-state index in [0.717, 1.165) is 37.5 Å².